The number of nitrogen functional groups attached to an aromatic ring is 1. The molecule has 0 spiro atoms. The summed E-state index contributed by atoms with van der Waals surface area (Å²) in [7, 11) is 1.56. The first-order chi connectivity index (χ1) is 8.60. The number of nitrogens with one attached hydrogen (secondary N) is 1. The summed E-state index contributed by atoms with van der Waals surface area (Å²) >= 11 is 4.77. The van der Waals surface area contributed by atoms with Crippen molar-refractivity contribution in [1.29, 1.82) is 0 Å². The van der Waals surface area contributed by atoms with E-state index in [1.54, 1.807) is 36.8 Å². The van der Waals surface area contributed by atoms with Gasteiger partial charge in [0.15, 0.2) is 0 Å². The molecule has 0 fully saturated rings. The maximum atomic E-state index is 12.0. The highest BCUT2D eigenvalue weighted by atomic mass is 79.9. The van der Waals surface area contributed by atoms with Crippen molar-refractivity contribution in [3.05, 3.63) is 39.0 Å². The maximum Gasteiger partial charge on any atom is 0.256 e. The summed E-state index contributed by atoms with van der Waals surface area (Å²) in [5.41, 5.74) is 7.43. The van der Waals surface area contributed by atoms with Gasteiger partial charge < -0.3 is 15.8 Å². The molecule has 0 saturated heterocycles. The normalized spacial score (nSPS) is 10.1. The van der Waals surface area contributed by atoms with E-state index in [1.165, 1.54) is 11.3 Å². The van der Waals surface area contributed by atoms with Crippen molar-refractivity contribution in [2.45, 2.75) is 0 Å². The van der Waals surface area contributed by atoms with Gasteiger partial charge in [-0.15, -0.1) is 11.3 Å². The fourth-order valence-electron chi connectivity index (χ4n) is 1.39. The number of carbonyl (C=O) groups excluding carboxylic acids is 1. The molecule has 1 heterocycles. The summed E-state index contributed by atoms with van der Waals surface area (Å²) in [6, 6.07) is 6.88. The molecule has 6 heteroatoms. The summed E-state index contributed by atoms with van der Waals surface area (Å²) in [6.07, 6.45) is 0. The SMILES string of the molecule is COc1ccc(N)c(NC(=O)c2csc(Br)c2)c1. The maximum absolute atomic E-state index is 12.0. The molecule has 0 saturated carbocycles. The Morgan fingerprint density at radius 2 is 2.22 bits per heavy atom. The summed E-state index contributed by atoms with van der Waals surface area (Å²) in [5.74, 6) is 0.447. The second-order valence-electron chi connectivity index (χ2n) is 3.55. The smallest absolute Gasteiger partial charge is 0.256 e. The van der Waals surface area contributed by atoms with Gasteiger partial charge in [0, 0.05) is 11.4 Å². The van der Waals surface area contributed by atoms with Gasteiger partial charge in [-0.05, 0) is 34.1 Å². The van der Waals surface area contributed by atoms with Gasteiger partial charge >= 0.3 is 0 Å². The monoisotopic (exact) mass is 326 g/mol. The van der Waals surface area contributed by atoms with E-state index in [9.17, 15) is 4.79 Å². The number of thiophene rings is 1. The molecule has 0 aliphatic carbocycles. The third kappa shape index (κ3) is 2.83. The van der Waals surface area contributed by atoms with Crippen LogP contribution in [-0.2, 0) is 0 Å². The topological polar surface area (TPSA) is 64.3 Å². The predicted octanol–water partition coefficient (Wildman–Crippen LogP) is 3.35. The Morgan fingerprint density at radius 3 is 2.83 bits per heavy atom. The molecule has 1 amide bonds. The van der Waals surface area contributed by atoms with Crippen molar-refractivity contribution >= 4 is 44.5 Å². The van der Waals surface area contributed by atoms with Gasteiger partial charge in [-0.25, -0.2) is 0 Å². The van der Waals surface area contributed by atoms with E-state index < -0.39 is 0 Å². The lowest BCUT2D eigenvalue weighted by Crippen LogP contribution is -2.12. The third-order valence-electron chi connectivity index (χ3n) is 2.34. The van der Waals surface area contributed by atoms with Crippen molar-refractivity contribution in [3.63, 3.8) is 0 Å². The lowest BCUT2D eigenvalue weighted by Gasteiger charge is -2.09. The molecule has 0 bridgehead atoms. The molecular formula is C12H11BrN2O2S. The number of anilines is 2. The molecule has 1 aromatic heterocycles. The molecule has 3 N–H and O–H groups in total. The van der Waals surface area contributed by atoms with Crippen LogP contribution in [0.2, 0.25) is 0 Å². The van der Waals surface area contributed by atoms with Crippen LogP contribution in [0.4, 0.5) is 11.4 Å². The zero-order valence-electron chi connectivity index (χ0n) is 9.57. The lowest BCUT2D eigenvalue weighted by atomic mass is 10.2. The number of ether oxygens (including phenoxy) is 1. The van der Waals surface area contributed by atoms with Gasteiger partial charge in [0.05, 0.1) is 27.8 Å². The van der Waals surface area contributed by atoms with E-state index in [2.05, 4.69) is 21.2 Å². The number of benzene rings is 1. The molecular weight excluding hydrogens is 316 g/mol. The molecule has 0 radical (unpaired) electrons. The van der Waals surface area contributed by atoms with Crippen LogP contribution in [0.3, 0.4) is 0 Å². The molecule has 0 atom stereocenters. The number of hydrogen-bond donors (Lipinski definition) is 2. The minimum Gasteiger partial charge on any atom is -0.497 e. The molecule has 2 aromatic rings. The quantitative estimate of drug-likeness (QED) is 0.850. The molecule has 0 aliphatic heterocycles. The standard InChI is InChI=1S/C12H11BrN2O2S/c1-17-8-2-3-9(14)10(5-8)15-12(16)7-4-11(13)18-6-7/h2-6H,14H2,1H3,(H,15,16). The summed E-state index contributed by atoms with van der Waals surface area (Å²) in [4.78, 5) is 12.0. The molecule has 1 aromatic carbocycles. The lowest BCUT2D eigenvalue weighted by molar-refractivity contribution is 0.102. The Hall–Kier alpha value is -1.53. The molecule has 94 valence electrons. The zero-order chi connectivity index (χ0) is 13.1. The van der Waals surface area contributed by atoms with Crippen LogP contribution in [-0.4, -0.2) is 13.0 Å². The number of halogens is 1. The summed E-state index contributed by atoms with van der Waals surface area (Å²) < 4.78 is 6.00. The van der Waals surface area contributed by atoms with Gasteiger partial charge in [0.25, 0.3) is 5.91 Å². The average Bonchev–Trinajstić information content (AvgIpc) is 2.79. The number of nitrogens with two attached hydrogens (primary N) is 1. The fraction of sp³-hybridized carbons (Fsp3) is 0.0833. The second kappa shape index (κ2) is 5.41. The number of rotatable bonds is 3. The van der Waals surface area contributed by atoms with Crippen molar-refractivity contribution in [2.75, 3.05) is 18.2 Å². The largest absolute Gasteiger partial charge is 0.497 e. The van der Waals surface area contributed by atoms with Gasteiger partial charge in [-0.1, -0.05) is 0 Å². The van der Waals surface area contributed by atoms with Gasteiger partial charge in [0.1, 0.15) is 5.75 Å². The van der Waals surface area contributed by atoms with Crippen LogP contribution >= 0.6 is 27.3 Å². The minimum absolute atomic E-state index is 0.197. The van der Waals surface area contributed by atoms with E-state index in [4.69, 9.17) is 10.5 Å². The van der Waals surface area contributed by atoms with Crippen LogP contribution in [0.15, 0.2) is 33.4 Å². The number of amides is 1. The highest BCUT2D eigenvalue weighted by Crippen LogP contribution is 2.26. The first kappa shape index (κ1) is 12.9. The van der Waals surface area contributed by atoms with Crippen molar-refractivity contribution in [2.24, 2.45) is 0 Å². The van der Waals surface area contributed by atoms with Crippen molar-refractivity contribution in [1.82, 2.24) is 0 Å². The van der Waals surface area contributed by atoms with E-state index in [0.29, 0.717) is 22.7 Å². The average molecular weight is 327 g/mol. The minimum atomic E-state index is -0.197. The van der Waals surface area contributed by atoms with Crippen LogP contribution in [0, 0.1) is 0 Å². The Balaban J connectivity index is 2.21. The third-order valence-corrected chi connectivity index (χ3v) is 3.84. The number of hydrogen-bond acceptors (Lipinski definition) is 4. The highest BCUT2D eigenvalue weighted by molar-refractivity contribution is 9.11. The number of methoxy groups -OCH3 is 1. The molecule has 0 aliphatic rings. The Kier molecular flexibility index (Phi) is 3.88. The van der Waals surface area contributed by atoms with Gasteiger partial charge in [-0.2, -0.15) is 0 Å². The zero-order valence-corrected chi connectivity index (χ0v) is 12.0. The molecule has 0 unspecified atom stereocenters. The molecule has 18 heavy (non-hydrogen) atoms. The van der Waals surface area contributed by atoms with Gasteiger partial charge in [0.2, 0.25) is 0 Å². The van der Waals surface area contributed by atoms with Gasteiger partial charge in [-0.3, -0.25) is 4.79 Å². The highest BCUT2D eigenvalue weighted by Gasteiger charge is 2.10. The van der Waals surface area contributed by atoms with Crippen molar-refractivity contribution < 1.29 is 9.53 Å². The number of carbonyl (C=O) groups is 1. The van der Waals surface area contributed by atoms with Crippen LogP contribution in [0.1, 0.15) is 10.4 Å². The molecule has 2 rings (SSSR count). The Bertz CT molecular complexity index is 583. The predicted molar refractivity (Wildman–Crippen MR) is 77.4 cm³/mol. The van der Waals surface area contributed by atoms with Crippen LogP contribution < -0.4 is 15.8 Å². The molecule has 4 nitrogen and oxygen atoms in total. The van der Waals surface area contributed by atoms with E-state index >= 15 is 0 Å². The van der Waals surface area contributed by atoms with Crippen LogP contribution in [0.5, 0.6) is 5.75 Å². The first-order valence-electron chi connectivity index (χ1n) is 5.09. The fourth-order valence-corrected chi connectivity index (χ4v) is 2.53. The van der Waals surface area contributed by atoms with E-state index in [0.717, 1.165) is 3.79 Å². The second-order valence-corrected chi connectivity index (χ2v) is 5.84. The Morgan fingerprint density at radius 1 is 1.44 bits per heavy atom. The van der Waals surface area contributed by atoms with E-state index in [1.807, 2.05) is 0 Å². The Labute approximate surface area is 117 Å². The summed E-state index contributed by atoms with van der Waals surface area (Å²) in [5, 5.41) is 4.53. The summed E-state index contributed by atoms with van der Waals surface area (Å²) in [6.45, 7) is 0. The van der Waals surface area contributed by atoms with Crippen LogP contribution in [0.25, 0.3) is 0 Å². The first-order valence-corrected chi connectivity index (χ1v) is 6.76. The van der Waals surface area contributed by atoms with Crippen molar-refractivity contribution in [3.8, 4) is 5.75 Å². The van der Waals surface area contributed by atoms with E-state index in [-0.39, 0.29) is 5.91 Å².